The van der Waals surface area contributed by atoms with Gasteiger partial charge in [0.15, 0.2) is 0 Å². The molecule has 0 atom stereocenters. The second kappa shape index (κ2) is 6.05. The second-order valence-corrected chi connectivity index (χ2v) is 4.33. The zero-order valence-corrected chi connectivity index (χ0v) is 11.4. The molecule has 1 aromatic heterocycles. The van der Waals surface area contributed by atoms with Gasteiger partial charge in [0.1, 0.15) is 12.4 Å². The minimum Gasteiger partial charge on any atom is -0.492 e. The van der Waals surface area contributed by atoms with Crippen LogP contribution in [0.4, 0.5) is 11.4 Å². The first kappa shape index (κ1) is 13.9. The molecule has 7 nitrogen and oxygen atoms in total. The van der Waals surface area contributed by atoms with E-state index < -0.39 is 4.92 Å². The van der Waals surface area contributed by atoms with Crippen LogP contribution in [0.15, 0.2) is 30.5 Å². The second-order valence-electron chi connectivity index (χ2n) is 4.33. The fourth-order valence-corrected chi connectivity index (χ4v) is 1.79. The van der Waals surface area contributed by atoms with Crippen LogP contribution in [0, 0.1) is 17.0 Å². The quantitative estimate of drug-likeness (QED) is 0.496. The zero-order chi connectivity index (χ0) is 14.5. The van der Waals surface area contributed by atoms with Gasteiger partial charge in [-0.3, -0.25) is 14.8 Å². The van der Waals surface area contributed by atoms with E-state index in [-0.39, 0.29) is 5.69 Å². The summed E-state index contributed by atoms with van der Waals surface area (Å²) in [6.45, 7) is 3.02. The highest BCUT2D eigenvalue weighted by Crippen LogP contribution is 2.17. The molecule has 0 aliphatic heterocycles. The molecule has 0 spiro atoms. The average Bonchev–Trinajstić information content (AvgIpc) is 2.73. The normalized spacial score (nSPS) is 10.3. The number of anilines is 1. The van der Waals surface area contributed by atoms with Crippen molar-refractivity contribution < 1.29 is 9.66 Å². The SMILES string of the molecule is Cc1nn(C)cc1NCCOc1ccc([N+](=O)[O-])cc1. The summed E-state index contributed by atoms with van der Waals surface area (Å²) < 4.78 is 7.24. The van der Waals surface area contributed by atoms with Crippen LogP contribution in [0.3, 0.4) is 0 Å². The van der Waals surface area contributed by atoms with Crippen LogP contribution in [-0.2, 0) is 7.05 Å². The van der Waals surface area contributed by atoms with Crippen molar-refractivity contribution in [2.75, 3.05) is 18.5 Å². The largest absolute Gasteiger partial charge is 0.492 e. The Labute approximate surface area is 116 Å². The molecular formula is C13H16N4O3. The number of benzene rings is 1. The summed E-state index contributed by atoms with van der Waals surface area (Å²) in [6.07, 6.45) is 1.90. The fourth-order valence-electron chi connectivity index (χ4n) is 1.79. The molecule has 0 saturated heterocycles. The Bertz CT molecular complexity index is 592. The molecule has 0 saturated carbocycles. The van der Waals surface area contributed by atoms with Crippen molar-refractivity contribution in [1.82, 2.24) is 9.78 Å². The van der Waals surface area contributed by atoms with E-state index in [4.69, 9.17) is 4.74 Å². The monoisotopic (exact) mass is 276 g/mol. The molecule has 7 heteroatoms. The number of nitro benzene ring substituents is 1. The summed E-state index contributed by atoms with van der Waals surface area (Å²) >= 11 is 0. The molecular weight excluding hydrogens is 260 g/mol. The fraction of sp³-hybridized carbons (Fsp3) is 0.308. The Morgan fingerprint density at radius 1 is 1.40 bits per heavy atom. The number of non-ortho nitro benzene ring substituents is 1. The molecule has 2 rings (SSSR count). The lowest BCUT2D eigenvalue weighted by atomic mass is 10.3. The maximum absolute atomic E-state index is 10.5. The van der Waals surface area contributed by atoms with Crippen LogP contribution in [0.2, 0.25) is 0 Å². The third kappa shape index (κ3) is 3.47. The van der Waals surface area contributed by atoms with Crippen molar-refractivity contribution in [2.45, 2.75) is 6.92 Å². The number of nitrogens with one attached hydrogen (secondary N) is 1. The van der Waals surface area contributed by atoms with Gasteiger partial charge < -0.3 is 10.1 Å². The highest BCUT2D eigenvalue weighted by atomic mass is 16.6. The summed E-state index contributed by atoms with van der Waals surface area (Å²) in [5, 5.41) is 18.0. The number of nitro groups is 1. The molecule has 1 heterocycles. The van der Waals surface area contributed by atoms with Crippen LogP contribution < -0.4 is 10.1 Å². The van der Waals surface area contributed by atoms with Gasteiger partial charge in [0.25, 0.3) is 5.69 Å². The highest BCUT2D eigenvalue weighted by Gasteiger charge is 2.04. The number of aryl methyl sites for hydroxylation is 2. The third-order valence-electron chi connectivity index (χ3n) is 2.75. The molecule has 2 aromatic rings. The lowest BCUT2D eigenvalue weighted by molar-refractivity contribution is -0.384. The molecule has 0 radical (unpaired) electrons. The van der Waals surface area contributed by atoms with E-state index in [9.17, 15) is 10.1 Å². The zero-order valence-electron chi connectivity index (χ0n) is 11.4. The van der Waals surface area contributed by atoms with Crippen LogP contribution in [0.5, 0.6) is 5.75 Å². The Morgan fingerprint density at radius 3 is 2.65 bits per heavy atom. The van der Waals surface area contributed by atoms with Gasteiger partial charge >= 0.3 is 0 Å². The Hall–Kier alpha value is -2.57. The lowest BCUT2D eigenvalue weighted by Crippen LogP contribution is -2.11. The molecule has 0 bridgehead atoms. The van der Waals surface area contributed by atoms with Gasteiger partial charge in [-0.2, -0.15) is 5.10 Å². The first-order valence-electron chi connectivity index (χ1n) is 6.17. The predicted octanol–water partition coefficient (Wildman–Crippen LogP) is 2.13. The van der Waals surface area contributed by atoms with Gasteiger partial charge in [-0.1, -0.05) is 0 Å². The number of hydrogen-bond donors (Lipinski definition) is 1. The summed E-state index contributed by atoms with van der Waals surface area (Å²) in [5.41, 5.74) is 1.96. The van der Waals surface area contributed by atoms with Crippen molar-refractivity contribution >= 4 is 11.4 Å². The molecule has 20 heavy (non-hydrogen) atoms. The Morgan fingerprint density at radius 2 is 2.10 bits per heavy atom. The Balaban J connectivity index is 1.78. The number of aromatic nitrogens is 2. The minimum absolute atomic E-state index is 0.0569. The van der Waals surface area contributed by atoms with Crippen molar-refractivity contribution in [2.24, 2.45) is 7.05 Å². The smallest absolute Gasteiger partial charge is 0.269 e. The predicted molar refractivity (Wildman–Crippen MR) is 75.0 cm³/mol. The summed E-state index contributed by atoms with van der Waals surface area (Å²) in [6, 6.07) is 6.03. The van der Waals surface area contributed by atoms with Gasteiger partial charge in [-0.15, -0.1) is 0 Å². The Kier molecular flexibility index (Phi) is 4.19. The lowest BCUT2D eigenvalue weighted by Gasteiger charge is -2.07. The molecule has 0 aliphatic carbocycles. The maximum Gasteiger partial charge on any atom is 0.269 e. The van der Waals surface area contributed by atoms with E-state index in [1.165, 1.54) is 12.1 Å². The number of rotatable bonds is 6. The van der Waals surface area contributed by atoms with Crippen molar-refractivity contribution in [3.8, 4) is 5.75 Å². The maximum atomic E-state index is 10.5. The highest BCUT2D eigenvalue weighted by molar-refractivity contribution is 5.45. The molecule has 1 N–H and O–H groups in total. The van der Waals surface area contributed by atoms with Crippen LogP contribution in [0.25, 0.3) is 0 Å². The van der Waals surface area contributed by atoms with E-state index in [2.05, 4.69) is 10.4 Å². The van der Waals surface area contributed by atoms with E-state index in [1.807, 2.05) is 20.2 Å². The first-order valence-corrected chi connectivity index (χ1v) is 6.17. The van der Waals surface area contributed by atoms with E-state index >= 15 is 0 Å². The first-order chi connectivity index (χ1) is 9.56. The molecule has 0 unspecified atom stereocenters. The topological polar surface area (TPSA) is 82.2 Å². The molecule has 0 amide bonds. The summed E-state index contributed by atoms with van der Waals surface area (Å²) in [5.74, 6) is 0.611. The molecule has 0 fully saturated rings. The number of ether oxygens (including phenoxy) is 1. The van der Waals surface area contributed by atoms with Gasteiger partial charge in [0.2, 0.25) is 0 Å². The van der Waals surface area contributed by atoms with E-state index in [0.29, 0.717) is 18.9 Å². The van der Waals surface area contributed by atoms with Crippen LogP contribution in [-0.4, -0.2) is 27.9 Å². The minimum atomic E-state index is -0.434. The van der Waals surface area contributed by atoms with Crippen molar-refractivity contribution in [3.63, 3.8) is 0 Å². The molecule has 0 aliphatic rings. The number of nitrogens with zero attached hydrogens (tertiary/aromatic N) is 3. The van der Waals surface area contributed by atoms with Gasteiger partial charge in [-0.25, -0.2) is 0 Å². The number of hydrogen-bond acceptors (Lipinski definition) is 5. The van der Waals surface area contributed by atoms with Crippen LogP contribution in [0.1, 0.15) is 5.69 Å². The summed E-state index contributed by atoms with van der Waals surface area (Å²) in [7, 11) is 1.87. The van der Waals surface area contributed by atoms with E-state index in [1.54, 1.807) is 16.8 Å². The van der Waals surface area contributed by atoms with Gasteiger partial charge in [0.05, 0.1) is 16.3 Å². The molecule has 1 aromatic carbocycles. The van der Waals surface area contributed by atoms with Gasteiger partial charge in [-0.05, 0) is 19.1 Å². The van der Waals surface area contributed by atoms with E-state index in [0.717, 1.165) is 11.4 Å². The van der Waals surface area contributed by atoms with Crippen molar-refractivity contribution in [3.05, 3.63) is 46.3 Å². The summed E-state index contributed by atoms with van der Waals surface area (Å²) in [4.78, 5) is 10.1. The standard InChI is InChI=1S/C13H16N4O3/c1-10-13(9-16(2)15-10)14-7-8-20-12-5-3-11(4-6-12)17(18)19/h3-6,9,14H,7-8H2,1-2H3. The van der Waals surface area contributed by atoms with Gasteiger partial charge in [0, 0.05) is 31.9 Å². The third-order valence-corrected chi connectivity index (χ3v) is 2.75. The van der Waals surface area contributed by atoms with Crippen molar-refractivity contribution in [1.29, 1.82) is 0 Å². The average molecular weight is 276 g/mol. The molecule has 106 valence electrons. The van der Waals surface area contributed by atoms with Crippen LogP contribution >= 0.6 is 0 Å².